The molecule has 0 saturated carbocycles. The van der Waals surface area contributed by atoms with Crippen LogP contribution in [-0.2, 0) is 0 Å². The van der Waals surface area contributed by atoms with E-state index in [1.54, 1.807) is 0 Å². The van der Waals surface area contributed by atoms with Crippen molar-refractivity contribution in [1.29, 1.82) is 0 Å². The minimum atomic E-state index is 0.732. The predicted octanol–water partition coefficient (Wildman–Crippen LogP) is 9.73. The lowest BCUT2D eigenvalue weighted by Crippen LogP contribution is -1.93. The average Bonchev–Trinajstić information content (AvgIpc) is 3.39. The van der Waals surface area contributed by atoms with Crippen molar-refractivity contribution in [2.45, 2.75) is 0 Å². The van der Waals surface area contributed by atoms with Crippen LogP contribution in [0.5, 0.6) is 0 Å². The summed E-state index contributed by atoms with van der Waals surface area (Å²) in [4.78, 5) is 9.65. The van der Waals surface area contributed by atoms with Crippen molar-refractivity contribution in [1.82, 2.24) is 14.5 Å². The van der Waals surface area contributed by atoms with Crippen LogP contribution in [0.2, 0.25) is 0 Å². The minimum absolute atomic E-state index is 0.732. The highest BCUT2D eigenvalue weighted by Gasteiger charge is 2.12. The first kappa shape index (κ1) is 23.4. The molecule has 3 nitrogen and oxygen atoms in total. The molecule has 0 unspecified atom stereocenters. The van der Waals surface area contributed by atoms with Gasteiger partial charge in [-0.1, -0.05) is 115 Å². The molecular weight excluding hydrogens is 498 g/mol. The van der Waals surface area contributed by atoms with Crippen molar-refractivity contribution >= 4 is 32.7 Å². The largest absolute Gasteiger partial charge is 0.309 e. The monoisotopic (exact) mass is 523 g/mol. The second kappa shape index (κ2) is 9.58. The Bertz CT molecular complexity index is 2120. The summed E-state index contributed by atoms with van der Waals surface area (Å²) in [6, 6.07) is 51.2. The van der Waals surface area contributed by atoms with Crippen molar-refractivity contribution in [3.8, 4) is 39.3 Å². The third kappa shape index (κ3) is 3.98. The molecule has 8 rings (SSSR count). The Hall–Kier alpha value is -5.54. The number of rotatable bonds is 4. The second-order valence-electron chi connectivity index (χ2n) is 10.3. The van der Waals surface area contributed by atoms with Crippen LogP contribution in [0.3, 0.4) is 0 Å². The molecule has 0 atom stereocenters. The SMILES string of the molecule is c1ccc(-c2cccc3nc(-c4ccc(-c5ccc(-n6c7ccccc7c7ccccc76)cc5)cc4)ncc23)cc1. The minimum Gasteiger partial charge on any atom is -0.309 e. The Morgan fingerprint density at radius 1 is 0.415 bits per heavy atom. The molecule has 0 aliphatic rings. The second-order valence-corrected chi connectivity index (χ2v) is 10.3. The summed E-state index contributed by atoms with van der Waals surface area (Å²) in [5.41, 5.74) is 10.2. The molecule has 0 saturated heterocycles. The smallest absolute Gasteiger partial charge is 0.159 e. The highest BCUT2D eigenvalue weighted by Crippen LogP contribution is 2.33. The van der Waals surface area contributed by atoms with E-state index in [2.05, 4.69) is 144 Å². The summed E-state index contributed by atoms with van der Waals surface area (Å²) in [6.45, 7) is 0. The first-order valence-electron chi connectivity index (χ1n) is 13.8. The maximum absolute atomic E-state index is 4.91. The third-order valence-corrected chi connectivity index (χ3v) is 7.89. The van der Waals surface area contributed by atoms with Crippen LogP contribution in [-0.4, -0.2) is 14.5 Å². The molecule has 0 aliphatic carbocycles. The topological polar surface area (TPSA) is 30.7 Å². The molecular formula is C38H25N3. The lowest BCUT2D eigenvalue weighted by atomic mass is 10.0. The highest BCUT2D eigenvalue weighted by molar-refractivity contribution is 6.09. The standard InChI is InChI=1S/C38H25N3/c1-2-9-28(10-3-1)31-13-8-14-35-34(31)25-39-38(40-35)29-19-17-26(18-20-29)27-21-23-30(24-22-27)41-36-15-6-4-11-32(36)33-12-5-7-16-37(33)41/h1-25H. The molecule has 192 valence electrons. The average molecular weight is 524 g/mol. The molecule has 0 fully saturated rings. The number of para-hydroxylation sites is 2. The zero-order chi connectivity index (χ0) is 27.2. The fourth-order valence-corrected chi connectivity index (χ4v) is 5.88. The third-order valence-electron chi connectivity index (χ3n) is 7.89. The Morgan fingerprint density at radius 3 is 1.68 bits per heavy atom. The number of benzene rings is 6. The number of aromatic nitrogens is 3. The molecule has 2 aromatic heterocycles. The Labute approximate surface area is 238 Å². The highest BCUT2D eigenvalue weighted by atomic mass is 15.0. The van der Waals surface area contributed by atoms with E-state index >= 15 is 0 Å². The zero-order valence-corrected chi connectivity index (χ0v) is 22.3. The number of hydrogen-bond donors (Lipinski definition) is 0. The molecule has 2 heterocycles. The van der Waals surface area contributed by atoms with Crippen LogP contribution < -0.4 is 0 Å². The molecule has 41 heavy (non-hydrogen) atoms. The summed E-state index contributed by atoms with van der Waals surface area (Å²) in [6.07, 6.45) is 1.95. The van der Waals surface area contributed by atoms with Crippen LogP contribution in [0.25, 0.3) is 72.0 Å². The van der Waals surface area contributed by atoms with Crippen LogP contribution in [0.1, 0.15) is 0 Å². The van der Waals surface area contributed by atoms with Crippen molar-refractivity contribution in [2.75, 3.05) is 0 Å². The fraction of sp³-hybridized carbons (Fsp3) is 0. The van der Waals surface area contributed by atoms with Crippen molar-refractivity contribution in [3.63, 3.8) is 0 Å². The first-order chi connectivity index (χ1) is 20.3. The Kier molecular flexibility index (Phi) is 5.46. The van der Waals surface area contributed by atoms with Gasteiger partial charge in [0.05, 0.1) is 16.6 Å². The molecule has 0 radical (unpaired) electrons. The molecule has 0 spiro atoms. The summed E-state index contributed by atoms with van der Waals surface area (Å²) >= 11 is 0. The first-order valence-corrected chi connectivity index (χ1v) is 13.8. The quantitative estimate of drug-likeness (QED) is 0.230. The molecule has 0 bridgehead atoms. The van der Waals surface area contributed by atoms with E-state index in [9.17, 15) is 0 Å². The molecule has 0 aliphatic heterocycles. The van der Waals surface area contributed by atoms with Gasteiger partial charge in [-0.3, -0.25) is 0 Å². The number of fused-ring (bicyclic) bond motifs is 4. The van der Waals surface area contributed by atoms with Crippen molar-refractivity contribution in [2.24, 2.45) is 0 Å². The number of hydrogen-bond acceptors (Lipinski definition) is 2. The normalized spacial score (nSPS) is 11.4. The molecule has 8 aromatic rings. The van der Waals surface area contributed by atoms with E-state index < -0.39 is 0 Å². The van der Waals surface area contributed by atoms with Crippen LogP contribution >= 0.6 is 0 Å². The summed E-state index contributed by atoms with van der Waals surface area (Å²) in [5, 5.41) is 3.60. The van der Waals surface area contributed by atoms with Crippen LogP contribution in [0, 0.1) is 0 Å². The fourth-order valence-electron chi connectivity index (χ4n) is 5.88. The zero-order valence-electron chi connectivity index (χ0n) is 22.3. The van der Waals surface area contributed by atoms with Crippen LogP contribution in [0.15, 0.2) is 152 Å². The van der Waals surface area contributed by atoms with Gasteiger partial charge in [-0.05, 0) is 52.6 Å². The van der Waals surface area contributed by atoms with Gasteiger partial charge >= 0.3 is 0 Å². The van der Waals surface area contributed by atoms with E-state index in [-0.39, 0.29) is 0 Å². The van der Waals surface area contributed by atoms with Gasteiger partial charge in [0.15, 0.2) is 5.82 Å². The van der Waals surface area contributed by atoms with Gasteiger partial charge in [0.2, 0.25) is 0 Å². The molecule has 6 aromatic carbocycles. The van der Waals surface area contributed by atoms with Gasteiger partial charge in [0.1, 0.15) is 0 Å². The van der Waals surface area contributed by atoms with Crippen molar-refractivity contribution < 1.29 is 0 Å². The van der Waals surface area contributed by atoms with Gasteiger partial charge < -0.3 is 4.57 Å². The van der Waals surface area contributed by atoms with Crippen molar-refractivity contribution in [3.05, 3.63) is 152 Å². The molecule has 0 N–H and O–H groups in total. The van der Waals surface area contributed by atoms with E-state index in [0.29, 0.717) is 0 Å². The maximum Gasteiger partial charge on any atom is 0.159 e. The molecule has 3 heteroatoms. The Morgan fingerprint density at radius 2 is 1.00 bits per heavy atom. The van der Waals surface area contributed by atoms with Gasteiger partial charge in [-0.25, -0.2) is 9.97 Å². The molecule has 0 amide bonds. The summed E-state index contributed by atoms with van der Waals surface area (Å²) in [5.74, 6) is 0.732. The summed E-state index contributed by atoms with van der Waals surface area (Å²) < 4.78 is 2.35. The van der Waals surface area contributed by atoms with E-state index in [4.69, 9.17) is 9.97 Å². The maximum atomic E-state index is 4.91. The van der Waals surface area contributed by atoms with Crippen LogP contribution in [0.4, 0.5) is 0 Å². The van der Waals surface area contributed by atoms with Gasteiger partial charge in [0.25, 0.3) is 0 Å². The predicted molar refractivity (Wildman–Crippen MR) is 170 cm³/mol. The van der Waals surface area contributed by atoms with E-state index in [1.807, 2.05) is 12.3 Å². The van der Waals surface area contributed by atoms with E-state index in [0.717, 1.165) is 39.1 Å². The summed E-state index contributed by atoms with van der Waals surface area (Å²) in [7, 11) is 0. The van der Waals surface area contributed by atoms with E-state index in [1.165, 1.54) is 32.9 Å². The lowest BCUT2D eigenvalue weighted by Gasteiger charge is -2.10. The van der Waals surface area contributed by atoms with Gasteiger partial charge in [-0.2, -0.15) is 0 Å². The number of nitrogens with zero attached hydrogens (tertiary/aromatic N) is 3. The van der Waals surface area contributed by atoms with Gasteiger partial charge in [0, 0.05) is 33.6 Å². The lowest BCUT2D eigenvalue weighted by molar-refractivity contribution is 1.18. The van der Waals surface area contributed by atoms with Gasteiger partial charge in [-0.15, -0.1) is 0 Å². The Balaban J connectivity index is 1.11.